The molecule has 0 spiro atoms. The van der Waals surface area contributed by atoms with Gasteiger partial charge in [-0.25, -0.2) is 9.37 Å². The average molecular weight is 247 g/mol. The molecule has 0 amide bonds. The number of aliphatic hydroxyl groups excluding tert-OH is 1. The quantitative estimate of drug-likeness (QED) is 0.904. The highest BCUT2D eigenvalue weighted by Gasteiger charge is 2.04. The highest BCUT2D eigenvalue weighted by molar-refractivity contribution is 5.31. The van der Waals surface area contributed by atoms with Gasteiger partial charge in [-0.2, -0.15) is 0 Å². The molecule has 0 aliphatic rings. The van der Waals surface area contributed by atoms with Gasteiger partial charge in [-0.15, -0.1) is 0 Å². The zero-order chi connectivity index (χ0) is 13.1. The number of hydrogen-bond acceptors (Lipinski definition) is 3. The molecule has 0 radical (unpaired) electrons. The third kappa shape index (κ3) is 2.84. The molecule has 4 heteroatoms. The molecule has 0 bridgehead atoms. The number of aliphatic hydroxyl groups is 1. The number of hydrogen-bond donors (Lipinski definition) is 1. The first-order chi connectivity index (χ1) is 8.56. The first-order valence-corrected chi connectivity index (χ1v) is 5.64. The van der Waals surface area contributed by atoms with Gasteiger partial charge in [0.15, 0.2) is 0 Å². The van der Waals surface area contributed by atoms with Gasteiger partial charge in [-0.05, 0) is 37.1 Å². The SMILES string of the molecule is Cc1ccc(Oc2ccc([C@@H](C)O)cn2)cc1F. The van der Waals surface area contributed by atoms with Gasteiger partial charge in [0.2, 0.25) is 5.88 Å². The molecule has 1 N–H and O–H groups in total. The topological polar surface area (TPSA) is 42.4 Å². The van der Waals surface area contributed by atoms with E-state index in [9.17, 15) is 9.50 Å². The minimum Gasteiger partial charge on any atom is -0.439 e. The fourth-order valence-electron chi connectivity index (χ4n) is 1.46. The monoisotopic (exact) mass is 247 g/mol. The molecule has 0 saturated heterocycles. The van der Waals surface area contributed by atoms with Crippen LogP contribution in [0.15, 0.2) is 36.5 Å². The standard InChI is InChI=1S/C14H14FNO2/c1-9-3-5-12(7-13(9)15)18-14-6-4-11(8-16-14)10(2)17/h3-8,10,17H,1-2H3/t10-/m1/s1. The summed E-state index contributed by atoms with van der Waals surface area (Å²) in [5.41, 5.74) is 1.28. The van der Waals surface area contributed by atoms with Crippen molar-refractivity contribution in [3.8, 4) is 11.6 Å². The van der Waals surface area contributed by atoms with Gasteiger partial charge >= 0.3 is 0 Å². The lowest BCUT2D eigenvalue weighted by Crippen LogP contribution is -1.94. The Morgan fingerprint density at radius 1 is 1.28 bits per heavy atom. The molecule has 1 aromatic carbocycles. The van der Waals surface area contributed by atoms with E-state index in [1.54, 1.807) is 38.1 Å². The molecule has 0 fully saturated rings. The van der Waals surface area contributed by atoms with Gasteiger partial charge < -0.3 is 9.84 Å². The van der Waals surface area contributed by atoms with Crippen LogP contribution in [0.1, 0.15) is 24.2 Å². The molecule has 1 atom stereocenters. The van der Waals surface area contributed by atoms with Crippen LogP contribution in [0.25, 0.3) is 0 Å². The van der Waals surface area contributed by atoms with Crippen molar-refractivity contribution in [1.29, 1.82) is 0 Å². The van der Waals surface area contributed by atoms with E-state index in [2.05, 4.69) is 4.98 Å². The van der Waals surface area contributed by atoms with E-state index in [-0.39, 0.29) is 5.82 Å². The highest BCUT2D eigenvalue weighted by atomic mass is 19.1. The summed E-state index contributed by atoms with van der Waals surface area (Å²) in [5, 5.41) is 9.34. The van der Waals surface area contributed by atoms with Crippen molar-refractivity contribution in [2.75, 3.05) is 0 Å². The van der Waals surface area contributed by atoms with Crippen LogP contribution < -0.4 is 4.74 Å². The molecule has 94 valence electrons. The molecule has 2 rings (SSSR count). The zero-order valence-electron chi connectivity index (χ0n) is 10.2. The van der Waals surface area contributed by atoms with Crippen LogP contribution in [0, 0.1) is 12.7 Å². The molecule has 2 aromatic rings. The number of aryl methyl sites for hydroxylation is 1. The maximum absolute atomic E-state index is 13.3. The van der Waals surface area contributed by atoms with Gasteiger partial charge in [0.05, 0.1) is 6.10 Å². The second kappa shape index (κ2) is 5.14. The summed E-state index contributed by atoms with van der Waals surface area (Å²) in [5.74, 6) is 0.450. The summed E-state index contributed by atoms with van der Waals surface area (Å²) in [6, 6.07) is 8.01. The number of halogens is 1. The Morgan fingerprint density at radius 3 is 2.61 bits per heavy atom. The van der Waals surface area contributed by atoms with Crippen molar-refractivity contribution >= 4 is 0 Å². The number of rotatable bonds is 3. The molecule has 0 aliphatic carbocycles. The van der Waals surface area contributed by atoms with Crippen LogP contribution in [0.2, 0.25) is 0 Å². The Labute approximate surface area is 105 Å². The number of nitrogens with zero attached hydrogens (tertiary/aromatic N) is 1. The minimum atomic E-state index is -0.566. The van der Waals surface area contributed by atoms with Crippen molar-refractivity contribution in [3.05, 3.63) is 53.5 Å². The Balaban J connectivity index is 2.15. The van der Waals surface area contributed by atoms with Gasteiger partial charge in [0.1, 0.15) is 11.6 Å². The first kappa shape index (κ1) is 12.5. The number of pyridine rings is 1. The number of benzene rings is 1. The maximum atomic E-state index is 13.3. The van der Waals surface area contributed by atoms with Crippen LogP contribution in [-0.4, -0.2) is 10.1 Å². The van der Waals surface area contributed by atoms with Gasteiger partial charge in [0.25, 0.3) is 0 Å². The summed E-state index contributed by atoms with van der Waals surface area (Å²) in [6.07, 6.45) is 0.966. The second-order valence-electron chi connectivity index (χ2n) is 4.12. The smallest absolute Gasteiger partial charge is 0.219 e. The molecule has 1 heterocycles. The van der Waals surface area contributed by atoms with E-state index in [1.165, 1.54) is 12.3 Å². The van der Waals surface area contributed by atoms with Crippen molar-refractivity contribution in [1.82, 2.24) is 4.98 Å². The van der Waals surface area contributed by atoms with E-state index in [0.29, 0.717) is 22.8 Å². The second-order valence-corrected chi connectivity index (χ2v) is 4.12. The highest BCUT2D eigenvalue weighted by Crippen LogP contribution is 2.22. The lowest BCUT2D eigenvalue weighted by Gasteiger charge is -2.07. The van der Waals surface area contributed by atoms with Crippen LogP contribution in [0.3, 0.4) is 0 Å². The third-order valence-corrected chi connectivity index (χ3v) is 2.61. The van der Waals surface area contributed by atoms with Gasteiger partial charge in [-0.1, -0.05) is 6.07 Å². The molecular weight excluding hydrogens is 233 g/mol. The molecule has 0 unspecified atom stereocenters. The molecule has 3 nitrogen and oxygen atoms in total. The molecule has 0 aliphatic heterocycles. The fourth-order valence-corrected chi connectivity index (χ4v) is 1.46. The van der Waals surface area contributed by atoms with Crippen LogP contribution >= 0.6 is 0 Å². The van der Waals surface area contributed by atoms with E-state index in [0.717, 1.165) is 0 Å². The minimum absolute atomic E-state index is 0.312. The number of ether oxygens (including phenoxy) is 1. The summed E-state index contributed by atoms with van der Waals surface area (Å²) in [4.78, 5) is 4.04. The van der Waals surface area contributed by atoms with E-state index >= 15 is 0 Å². The van der Waals surface area contributed by atoms with Gasteiger partial charge in [0, 0.05) is 18.3 Å². The molecule has 1 aromatic heterocycles. The normalized spacial score (nSPS) is 12.2. The predicted octanol–water partition coefficient (Wildman–Crippen LogP) is 3.37. The van der Waals surface area contributed by atoms with Crippen LogP contribution in [-0.2, 0) is 0 Å². The largest absolute Gasteiger partial charge is 0.439 e. The summed E-state index contributed by atoms with van der Waals surface area (Å²) in [6.45, 7) is 3.35. The number of aromatic nitrogens is 1. The van der Waals surface area contributed by atoms with Crippen molar-refractivity contribution < 1.29 is 14.2 Å². The fraction of sp³-hybridized carbons (Fsp3) is 0.214. The lowest BCUT2D eigenvalue weighted by atomic mass is 10.2. The Bertz CT molecular complexity index is 538. The van der Waals surface area contributed by atoms with Crippen LogP contribution in [0.5, 0.6) is 11.6 Å². The third-order valence-electron chi connectivity index (χ3n) is 2.61. The molecular formula is C14H14FNO2. The van der Waals surface area contributed by atoms with Crippen LogP contribution in [0.4, 0.5) is 4.39 Å². The summed E-state index contributed by atoms with van der Waals surface area (Å²) < 4.78 is 18.7. The molecule has 18 heavy (non-hydrogen) atoms. The Hall–Kier alpha value is -1.94. The Morgan fingerprint density at radius 2 is 2.06 bits per heavy atom. The van der Waals surface area contributed by atoms with E-state index < -0.39 is 6.10 Å². The van der Waals surface area contributed by atoms with Gasteiger partial charge in [-0.3, -0.25) is 0 Å². The Kier molecular flexibility index (Phi) is 3.58. The van der Waals surface area contributed by atoms with E-state index in [1.807, 2.05) is 0 Å². The summed E-state index contributed by atoms with van der Waals surface area (Å²) >= 11 is 0. The zero-order valence-corrected chi connectivity index (χ0v) is 10.2. The lowest BCUT2D eigenvalue weighted by molar-refractivity contribution is 0.198. The van der Waals surface area contributed by atoms with E-state index in [4.69, 9.17) is 4.74 Å². The predicted molar refractivity (Wildman–Crippen MR) is 66.1 cm³/mol. The average Bonchev–Trinajstić information content (AvgIpc) is 2.34. The van der Waals surface area contributed by atoms with Crippen molar-refractivity contribution in [3.63, 3.8) is 0 Å². The van der Waals surface area contributed by atoms with Crippen molar-refractivity contribution in [2.45, 2.75) is 20.0 Å². The first-order valence-electron chi connectivity index (χ1n) is 5.64. The van der Waals surface area contributed by atoms with Crippen molar-refractivity contribution in [2.24, 2.45) is 0 Å². The maximum Gasteiger partial charge on any atom is 0.219 e. The molecule has 0 saturated carbocycles. The summed E-state index contributed by atoms with van der Waals surface area (Å²) in [7, 11) is 0.